The lowest BCUT2D eigenvalue weighted by molar-refractivity contribution is 1.17. The van der Waals surface area contributed by atoms with Gasteiger partial charge in [-0.05, 0) is 107 Å². The summed E-state index contributed by atoms with van der Waals surface area (Å²) in [4.78, 5) is 0. The summed E-state index contributed by atoms with van der Waals surface area (Å²) in [6.07, 6.45) is 0. The predicted octanol–water partition coefficient (Wildman–Crippen LogP) is 13.2. The van der Waals surface area contributed by atoms with E-state index in [1.165, 1.54) is 88.2 Å². The Labute approximate surface area is 297 Å². The molecule has 240 valence electrons. The molecule has 0 aliphatic rings. The number of aromatic nitrogens is 2. The van der Waals surface area contributed by atoms with Crippen LogP contribution in [0.15, 0.2) is 188 Å². The second kappa shape index (κ2) is 11.8. The highest BCUT2D eigenvalue weighted by molar-refractivity contribution is 6.13. The van der Waals surface area contributed by atoms with Crippen molar-refractivity contribution in [1.29, 1.82) is 0 Å². The molecule has 0 N–H and O–H groups in total. The monoisotopic (exact) mass is 650 g/mol. The molecule has 0 saturated heterocycles. The van der Waals surface area contributed by atoms with Crippen molar-refractivity contribution in [3.8, 4) is 44.8 Å². The second-order valence-electron chi connectivity index (χ2n) is 13.5. The standard InChI is InChI=1S/C49H34N2/c1-33-16-25-41(26-17-33)51-46-15-9-8-14-42(46)43-31-38(23-28-47(43)51)39-24-29-49-45(32-39)44-30-37(22-27-48(44)50(49)40-12-6-3-7-13-40)36-20-18-35(19-21-36)34-10-4-2-5-11-34/h2-32H,1H3. The van der Waals surface area contributed by atoms with E-state index >= 15 is 0 Å². The summed E-state index contributed by atoms with van der Waals surface area (Å²) < 4.78 is 4.79. The van der Waals surface area contributed by atoms with Gasteiger partial charge in [-0.1, -0.05) is 127 Å². The molecule has 0 fully saturated rings. The van der Waals surface area contributed by atoms with Gasteiger partial charge in [0.25, 0.3) is 0 Å². The normalized spacial score (nSPS) is 11.6. The molecule has 10 rings (SSSR count). The van der Waals surface area contributed by atoms with Crippen molar-refractivity contribution in [3.63, 3.8) is 0 Å². The number of nitrogens with zero attached hydrogens (tertiary/aromatic N) is 2. The molecular weight excluding hydrogens is 617 g/mol. The molecule has 0 saturated carbocycles. The van der Waals surface area contributed by atoms with Crippen LogP contribution in [0.1, 0.15) is 5.56 Å². The first-order valence-corrected chi connectivity index (χ1v) is 17.6. The van der Waals surface area contributed by atoms with Crippen molar-refractivity contribution >= 4 is 43.6 Å². The highest BCUT2D eigenvalue weighted by Crippen LogP contribution is 2.39. The number of hydrogen-bond acceptors (Lipinski definition) is 0. The summed E-state index contributed by atoms with van der Waals surface area (Å²) in [7, 11) is 0. The first-order chi connectivity index (χ1) is 25.2. The van der Waals surface area contributed by atoms with Crippen LogP contribution >= 0.6 is 0 Å². The van der Waals surface area contributed by atoms with Crippen LogP contribution in [0.2, 0.25) is 0 Å². The van der Waals surface area contributed by atoms with E-state index in [0.29, 0.717) is 0 Å². The van der Waals surface area contributed by atoms with E-state index < -0.39 is 0 Å². The first kappa shape index (κ1) is 29.3. The zero-order valence-corrected chi connectivity index (χ0v) is 28.3. The van der Waals surface area contributed by atoms with Crippen LogP contribution in [0, 0.1) is 6.92 Å². The molecule has 2 heteroatoms. The molecule has 51 heavy (non-hydrogen) atoms. The number of benzene rings is 8. The fourth-order valence-electron chi connectivity index (χ4n) is 7.85. The summed E-state index contributed by atoms with van der Waals surface area (Å²) in [5, 5.41) is 5.02. The van der Waals surface area contributed by atoms with Crippen LogP contribution in [0.25, 0.3) is 88.4 Å². The van der Waals surface area contributed by atoms with E-state index in [2.05, 4.69) is 204 Å². The first-order valence-electron chi connectivity index (χ1n) is 17.6. The van der Waals surface area contributed by atoms with Crippen LogP contribution in [0.5, 0.6) is 0 Å². The average molecular weight is 651 g/mol. The Hall–Kier alpha value is -6.64. The van der Waals surface area contributed by atoms with Crippen molar-refractivity contribution < 1.29 is 0 Å². The van der Waals surface area contributed by atoms with Crippen LogP contribution in [-0.2, 0) is 0 Å². The number of aryl methyl sites for hydroxylation is 1. The van der Waals surface area contributed by atoms with Gasteiger partial charge in [-0.25, -0.2) is 0 Å². The Morgan fingerprint density at radius 1 is 0.275 bits per heavy atom. The zero-order valence-electron chi connectivity index (χ0n) is 28.3. The molecule has 0 radical (unpaired) electrons. The lowest BCUT2D eigenvalue weighted by Crippen LogP contribution is -1.93. The molecular formula is C49H34N2. The maximum atomic E-state index is 2.40. The molecule has 0 amide bonds. The van der Waals surface area contributed by atoms with Crippen molar-refractivity contribution in [2.75, 3.05) is 0 Å². The quantitative estimate of drug-likeness (QED) is 0.175. The summed E-state index contributed by atoms with van der Waals surface area (Å²) in [6.45, 7) is 2.14. The van der Waals surface area contributed by atoms with Crippen molar-refractivity contribution in [1.82, 2.24) is 9.13 Å². The van der Waals surface area contributed by atoms with Crippen LogP contribution in [-0.4, -0.2) is 9.13 Å². The van der Waals surface area contributed by atoms with Gasteiger partial charge in [0, 0.05) is 32.9 Å². The molecule has 2 nitrogen and oxygen atoms in total. The highest BCUT2D eigenvalue weighted by Gasteiger charge is 2.17. The molecule has 0 aliphatic heterocycles. The Bertz CT molecular complexity index is 2870. The van der Waals surface area contributed by atoms with E-state index in [1.54, 1.807) is 0 Å². The smallest absolute Gasteiger partial charge is 0.0541 e. The molecule has 2 aromatic heterocycles. The summed E-state index contributed by atoms with van der Waals surface area (Å²) in [5.74, 6) is 0. The van der Waals surface area contributed by atoms with Crippen LogP contribution < -0.4 is 0 Å². The van der Waals surface area contributed by atoms with Crippen molar-refractivity contribution in [3.05, 3.63) is 194 Å². The predicted molar refractivity (Wildman–Crippen MR) is 216 cm³/mol. The van der Waals surface area contributed by atoms with Crippen molar-refractivity contribution in [2.24, 2.45) is 0 Å². The topological polar surface area (TPSA) is 9.86 Å². The fraction of sp³-hybridized carbons (Fsp3) is 0.0204. The largest absolute Gasteiger partial charge is 0.309 e. The Morgan fingerprint density at radius 3 is 1.22 bits per heavy atom. The lowest BCUT2D eigenvalue weighted by Gasteiger charge is -2.09. The van der Waals surface area contributed by atoms with Gasteiger partial charge >= 0.3 is 0 Å². The van der Waals surface area contributed by atoms with Crippen LogP contribution in [0.4, 0.5) is 0 Å². The summed E-state index contributed by atoms with van der Waals surface area (Å²) in [5.41, 5.74) is 15.8. The van der Waals surface area contributed by atoms with Gasteiger partial charge in [-0.15, -0.1) is 0 Å². The molecule has 0 bridgehead atoms. The van der Waals surface area contributed by atoms with Gasteiger partial charge in [0.2, 0.25) is 0 Å². The third-order valence-corrected chi connectivity index (χ3v) is 10.4. The van der Waals surface area contributed by atoms with Gasteiger partial charge in [-0.3, -0.25) is 0 Å². The molecule has 10 aromatic rings. The van der Waals surface area contributed by atoms with Gasteiger partial charge in [0.15, 0.2) is 0 Å². The van der Waals surface area contributed by atoms with E-state index in [9.17, 15) is 0 Å². The van der Waals surface area contributed by atoms with Gasteiger partial charge < -0.3 is 9.13 Å². The lowest BCUT2D eigenvalue weighted by atomic mass is 9.98. The van der Waals surface area contributed by atoms with Gasteiger partial charge in [0.1, 0.15) is 0 Å². The Balaban J connectivity index is 1.14. The SMILES string of the molecule is Cc1ccc(-n2c3ccccc3c3cc(-c4ccc5c(c4)c4cc(-c6ccc(-c7ccccc7)cc6)ccc4n5-c4ccccc4)ccc32)cc1. The maximum absolute atomic E-state index is 2.40. The number of rotatable bonds is 5. The molecule has 2 heterocycles. The third-order valence-electron chi connectivity index (χ3n) is 10.4. The van der Waals surface area contributed by atoms with E-state index in [-0.39, 0.29) is 0 Å². The van der Waals surface area contributed by atoms with E-state index in [1.807, 2.05) is 0 Å². The zero-order chi connectivity index (χ0) is 33.9. The number of hydrogen-bond donors (Lipinski definition) is 0. The molecule has 0 aliphatic carbocycles. The minimum atomic E-state index is 1.16. The van der Waals surface area contributed by atoms with E-state index in [4.69, 9.17) is 0 Å². The Kier molecular flexibility index (Phi) is 6.75. The van der Waals surface area contributed by atoms with Crippen molar-refractivity contribution in [2.45, 2.75) is 6.92 Å². The number of fused-ring (bicyclic) bond motifs is 6. The minimum absolute atomic E-state index is 1.16. The Morgan fingerprint density at radius 2 is 0.647 bits per heavy atom. The van der Waals surface area contributed by atoms with Crippen LogP contribution in [0.3, 0.4) is 0 Å². The minimum Gasteiger partial charge on any atom is -0.309 e. The molecule has 0 spiro atoms. The molecule has 0 atom stereocenters. The van der Waals surface area contributed by atoms with Gasteiger partial charge in [0.05, 0.1) is 22.1 Å². The second-order valence-corrected chi connectivity index (χ2v) is 13.5. The third kappa shape index (κ3) is 4.87. The highest BCUT2D eigenvalue weighted by atomic mass is 15.0. The van der Waals surface area contributed by atoms with E-state index in [0.717, 1.165) is 5.69 Å². The molecule has 0 unspecified atom stereocenters. The average Bonchev–Trinajstić information content (AvgIpc) is 3.71. The number of para-hydroxylation sites is 2. The molecule has 8 aromatic carbocycles. The van der Waals surface area contributed by atoms with Gasteiger partial charge in [-0.2, -0.15) is 0 Å². The summed E-state index contributed by atoms with van der Waals surface area (Å²) in [6, 6.07) is 68.6. The maximum Gasteiger partial charge on any atom is 0.0541 e. The fourth-order valence-corrected chi connectivity index (χ4v) is 7.85. The summed E-state index contributed by atoms with van der Waals surface area (Å²) >= 11 is 0.